The summed E-state index contributed by atoms with van der Waals surface area (Å²) in [4.78, 5) is 4.58. The molecule has 0 saturated heterocycles. The van der Waals surface area contributed by atoms with Crippen LogP contribution in [-0.4, -0.2) is 11.6 Å². The van der Waals surface area contributed by atoms with Gasteiger partial charge in [0, 0.05) is 17.2 Å². The number of hydrogen-bond donors (Lipinski definition) is 0. The second kappa shape index (κ2) is 4.77. The van der Waals surface area contributed by atoms with Gasteiger partial charge < -0.3 is 9.15 Å². The summed E-state index contributed by atoms with van der Waals surface area (Å²) >= 11 is 0. The zero-order chi connectivity index (χ0) is 14.2. The maximum atomic E-state index is 5.76. The summed E-state index contributed by atoms with van der Waals surface area (Å²) in [6.07, 6.45) is 0.756. The Bertz CT molecular complexity index is 881. The van der Waals surface area contributed by atoms with E-state index in [0.717, 1.165) is 29.2 Å². The molecule has 0 bridgehead atoms. The fraction of sp³-hybridized carbons (Fsp3) is 0.167. The molecule has 4 rings (SSSR count). The second-order valence-electron chi connectivity index (χ2n) is 5.20. The largest absolute Gasteiger partial charge is 0.493 e. The highest BCUT2D eigenvalue weighted by Crippen LogP contribution is 2.25. The molecule has 1 heterocycles. The van der Waals surface area contributed by atoms with Crippen LogP contribution in [0.4, 0.5) is 0 Å². The Morgan fingerprint density at radius 3 is 2.62 bits per heavy atom. The van der Waals surface area contributed by atoms with E-state index in [9.17, 15) is 0 Å². The zero-order valence-electron chi connectivity index (χ0n) is 11.8. The fourth-order valence-corrected chi connectivity index (χ4v) is 2.50. The van der Waals surface area contributed by atoms with E-state index in [-0.39, 0.29) is 0 Å². The normalized spacial score (nSPS) is 11.5. The summed E-state index contributed by atoms with van der Waals surface area (Å²) in [6.45, 7) is 2.57. The molecule has 0 amide bonds. The Labute approximate surface area is 122 Å². The molecular formula is C18H15NO2. The maximum absolute atomic E-state index is 5.76. The van der Waals surface area contributed by atoms with Gasteiger partial charge >= 0.3 is 0 Å². The molecule has 1 aromatic carbocycles. The van der Waals surface area contributed by atoms with Crippen LogP contribution in [0.15, 0.2) is 52.9 Å². The smallest absolute Gasteiger partial charge is 0.226 e. The minimum atomic E-state index is 0.623. The summed E-state index contributed by atoms with van der Waals surface area (Å²) in [5.74, 6) is 2.54. The van der Waals surface area contributed by atoms with Gasteiger partial charge in [-0.3, -0.25) is 0 Å². The van der Waals surface area contributed by atoms with E-state index in [2.05, 4.69) is 23.2 Å². The fourth-order valence-electron chi connectivity index (χ4n) is 2.50. The van der Waals surface area contributed by atoms with Crippen LogP contribution in [0.1, 0.15) is 11.5 Å². The van der Waals surface area contributed by atoms with Crippen LogP contribution < -0.4 is 4.74 Å². The van der Waals surface area contributed by atoms with Crippen molar-refractivity contribution in [3.05, 3.63) is 70.4 Å². The second-order valence-corrected chi connectivity index (χ2v) is 5.20. The Hall–Kier alpha value is -2.55. The van der Waals surface area contributed by atoms with Crippen molar-refractivity contribution in [2.45, 2.75) is 13.3 Å². The third-order valence-corrected chi connectivity index (χ3v) is 3.80. The predicted octanol–water partition coefficient (Wildman–Crippen LogP) is 3.87. The predicted molar refractivity (Wildman–Crippen MR) is 80.0 cm³/mol. The van der Waals surface area contributed by atoms with Crippen LogP contribution in [-0.2, 0) is 6.42 Å². The van der Waals surface area contributed by atoms with Gasteiger partial charge in [-0.1, -0.05) is 30.3 Å². The molecule has 2 aliphatic rings. The first kappa shape index (κ1) is 12.2. The van der Waals surface area contributed by atoms with Gasteiger partial charge in [0.05, 0.1) is 12.3 Å². The van der Waals surface area contributed by atoms with Gasteiger partial charge in [-0.15, -0.1) is 0 Å². The zero-order valence-corrected chi connectivity index (χ0v) is 11.8. The average Bonchev–Trinajstić information content (AvgIpc) is 2.86. The van der Waals surface area contributed by atoms with Crippen LogP contribution in [0.25, 0.3) is 11.5 Å². The molecule has 104 valence electrons. The van der Waals surface area contributed by atoms with E-state index < -0.39 is 0 Å². The van der Waals surface area contributed by atoms with Crippen molar-refractivity contribution in [1.82, 2.24) is 4.98 Å². The van der Waals surface area contributed by atoms with E-state index in [4.69, 9.17) is 9.15 Å². The summed E-state index contributed by atoms with van der Waals surface area (Å²) in [5.41, 5.74) is 1.97. The number of nitrogens with zero attached hydrogens (tertiary/aromatic N) is 1. The van der Waals surface area contributed by atoms with Crippen LogP contribution in [0.2, 0.25) is 0 Å². The van der Waals surface area contributed by atoms with Crippen molar-refractivity contribution in [3.63, 3.8) is 0 Å². The van der Waals surface area contributed by atoms with Crippen LogP contribution in [0, 0.1) is 17.4 Å². The first-order chi connectivity index (χ1) is 10.3. The summed E-state index contributed by atoms with van der Waals surface area (Å²) in [5, 5.41) is 2.55. The van der Waals surface area contributed by atoms with Crippen molar-refractivity contribution >= 4 is 0 Å². The first-order valence-electron chi connectivity index (χ1n) is 7.10. The van der Waals surface area contributed by atoms with Crippen LogP contribution in [0.5, 0.6) is 5.75 Å². The Morgan fingerprint density at radius 2 is 1.95 bits per heavy atom. The van der Waals surface area contributed by atoms with Crippen molar-refractivity contribution < 1.29 is 9.15 Å². The van der Waals surface area contributed by atoms with Crippen LogP contribution >= 0.6 is 0 Å². The topological polar surface area (TPSA) is 35.3 Å². The lowest BCUT2D eigenvalue weighted by atomic mass is 10.1. The lowest BCUT2D eigenvalue weighted by Crippen LogP contribution is -2.05. The van der Waals surface area contributed by atoms with Crippen molar-refractivity contribution in [1.29, 1.82) is 0 Å². The monoisotopic (exact) mass is 277 g/mol. The molecule has 0 N–H and O–H groups in total. The number of benzene rings is 2. The summed E-state index contributed by atoms with van der Waals surface area (Å²) in [7, 11) is 0. The average molecular weight is 277 g/mol. The summed E-state index contributed by atoms with van der Waals surface area (Å²) < 4.78 is 11.5. The number of aryl methyl sites for hydroxylation is 1. The maximum Gasteiger partial charge on any atom is 0.226 e. The van der Waals surface area contributed by atoms with Crippen molar-refractivity contribution in [2.24, 2.45) is 0 Å². The van der Waals surface area contributed by atoms with Gasteiger partial charge in [-0.2, -0.15) is 0 Å². The highest BCUT2D eigenvalue weighted by molar-refractivity contribution is 5.53. The number of oxazole rings is 1. The third-order valence-electron chi connectivity index (χ3n) is 3.80. The molecule has 3 nitrogen and oxygen atoms in total. The van der Waals surface area contributed by atoms with Crippen molar-refractivity contribution in [2.75, 3.05) is 6.61 Å². The minimum Gasteiger partial charge on any atom is -0.493 e. The molecule has 0 spiro atoms. The molecule has 0 atom stereocenters. The quantitative estimate of drug-likeness (QED) is 0.555. The minimum absolute atomic E-state index is 0.623. The SMILES string of the molecule is Cc1oc(-c2ccccc2)nc1CCOc1cc2ccc1=2. The standard InChI is InChI=1S/C18H15NO2/c1-12-16(9-10-20-17-11-14-7-8-15(14)17)19-18(21-12)13-5-3-2-4-6-13/h2-8,11H,9-10H2,1H3. The van der Waals surface area contributed by atoms with Gasteiger partial charge in [-0.25, -0.2) is 4.98 Å². The lowest BCUT2D eigenvalue weighted by molar-refractivity contribution is 0.314. The summed E-state index contributed by atoms with van der Waals surface area (Å²) in [6, 6.07) is 16.2. The molecule has 3 heteroatoms. The number of ether oxygens (including phenoxy) is 1. The van der Waals surface area contributed by atoms with Gasteiger partial charge in [0.1, 0.15) is 11.5 Å². The highest BCUT2D eigenvalue weighted by atomic mass is 16.5. The lowest BCUT2D eigenvalue weighted by Gasteiger charge is -2.12. The first-order valence-corrected chi connectivity index (χ1v) is 7.10. The van der Waals surface area contributed by atoms with Crippen molar-refractivity contribution in [3.8, 4) is 17.2 Å². The Morgan fingerprint density at radius 1 is 1.10 bits per heavy atom. The number of hydrogen-bond acceptors (Lipinski definition) is 3. The van der Waals surface area contributed by atoms with Gasteiger partial charge in [0.2, 0.25) is 5.89 Å². The number of aromatic nitrogens is 1. The third kappa shape index (κ3) is 2.11. The molecule has 0 aliphatic heterocycles. The van der Waals surface area contributed by atoms with E-state index in [1.165, 1.54) is 10.4 Å². The van der Waals surface area contributed by atoms with E-state index in [0.29, 0.717) is 12.5 Å². The number of rotatable bonds is 5. The molecule has 2 aliphatic carbocycles. The van der Waals surface area contributed by atoms with Gasteiger partial charge in [0.15, 0.2) is 0 Å². The van der Waals surface area contributed by atoms with Crippen LogP contribution in [0.3, 0.4) is 0 Å². The molecule has 0 fully saturated rings. The Balaban J connectivity index is 1.44. The van der Waals surface area contributed by atoms with E-state index in [1.807, 2.05) is 37.3 Å². The Kier molecular flexibility index (Phi) is 2.78. The van der Waals surface area contributed by atoms with Gasteiger partial charge in [0.25, 0.3) is 0 Å². The molecule has 21 heavy (non-hydrogen) atoms. The molecule has 0 unspecified atom stereocenters. The molecule has 0 saturated carbocycles. The van der Waals surface area contributed by atoms with E-state index >= 15 is 0 Å². The molecular weight excluding hydrogens is 262 g/mol. The molecule has 0 radical (unpaired) electrons. The molecule has 2 aromatic rings. The molecule has 1 aromatic heterocycles. The highest BCUT2D eigenvalue weighted by Gasteiger charge is 2.12. The van der Waals surface area contributed by atoms with E-state index in [1.54, 1.807) is 0 Å². The van der Waals surface area contributed by atoms with Gasteiger partial charge in [-0.05, 0) is 30.3 Å².